The summed E-state index contributed by atoms with van der Waals surface area (Å²) in [6, 6.07) is 2.36. The van der Waals surface area contributed by atoms with Gasteiger partial charge in [-0.05, 0) is 14.0 Å². The first-order valence-electron chi connectivity index (χ1n) is 2.92. The summed E-state index contributed by atoms with van der Waals surface area (Å²) in [7, 11) is 1.90. The fourth-order valence-electron chi connectivity index (χ4n) is 0.435. The molecule has 2 nitrogen and oxygen atoms in total. The molecule has 50 valence electrons. The zero-order valence-electron chi connectivity index (χ0n) is 5.96. The number of rotatable bonds is 3. The Morgan fingerprint density at radius 3 is 2.78 bits per heavy atom. The molecule has 1 unspecified atom stereocenters. The van der Waals surface area contributed by atoms with Gasteiger partial charge in [0.25, 0.3) is 0 Å². The van der Waals surface area contributed by atoms with Gasteiger partial charge in [-0.1, -0.05) is 6.08 Å². The highest BCUT2D eigenvalue weighted by Gasteiger charge is 2.01. The Hall–Kier alpha value is -0.810. The summed E-state index contributed by atoms with van der Waals surface area (Å²) < 4.78 is 0. The van der Waals surface area contributed by atoms with Gasteiger partial charge in [-0.3, -0.25) is 4.90 Å². The fourth-order valence-corrected chi connectivity index (χ4v) is 0.435. The average molecular weight is 124 g/mol. The van der Waals surface area contributed by atoms with Crippen molar-refractivity contribution in [3.63, 3.8) is 0 Å². The van der Waals surface area contributed by atoms with Gasteiger partial charge in [0.05, 0.1) is 12.6 Å². The predicted molar refractivity (Wildman–Crippen MR) is 37.9 cm³/mol. The second kappa shape index (κ2) is 4.11. The van der Waals surface area contributed by atoms with Crippen LogP contribution in [0.5, 0.6) is 0 Å². The summed E-state index contributed by atoms with van der Waals surface area (Å²) in [5.41, 5.74) is 0. The van der Waals surface area contributed by atoms with E-state index in [9.17, 15) is 0 Å². The summed E-state index contributed by atoms with van der Waals surface area (Å²) in [4.78, 5) is 1.92. The van der Waals surface area contributed by atoms with Crippen molar-refractivity contribution in [2.24, 2.45) is 0 Å². The smallest absolute Gasteiger partial charge is 0.0868 e. The first kappa shape index (κ1) is 8.19. The fraction of sp³-hybridized carbons (Fsp3) is 0.571. The van der Waals surface area contributed by atoms with Crippen molar-refractivity contribution >= 4 is 0 Å². The minimum Gasteiger partial charge on any atom is -0.287 e. The highest BCUT2D eigenvalue weighted by molar-refractivity contribution is 4.86. The molecule has 0 aromatic heterocycles. The van der Waals surface area contributed by atoms with Crippen LogP contribution in [0.15, 0.2) is 12.7 Å². The van der Waals surface area contributed by atoms with Gasteiger partial charge < -0.3 is 0 Å². The summed E-state index contributed by atoms with van der Waals surface area (Å²) in [6.07, 6.45) is 1.82. The Kier molecular flexibility index (Phi) is 3.74. The molecule has 0 aromatic rings. The monoisotopic (exact) mass is 124 g/mol. The molecule has 0 radical (unpaired) electrons. The second-order valence-electron chi connectivity index (χ2n) is 2.05. The van der Waals surface area contributed by atoms with Gasteiger partial charge in [0.15, 0.2) is 0 Å². The van der Waals surface area contributed by atoms with Crippen molar-refractivity contribution in [3.05, 3.63) is 12.7 Å². The first-order chi connectivity index (χ1) is 4.22. The molecule has 0 fully saturated rings. The summed E-state index contributed by atoms with van der Waals surface area (Å²) in [5, 5.41) is 8.26. The van der Waals surface area contributed by atoms with Gasteiger partial charge in [0.2, 0.25) is 0 Å². The van der Waals surface area contributed by atoms with E-state index in [1.165, 1.54) is 0 Å². The maximum absolute atomic E-state index is 8.26. The SMILES string of the molecule is C=CC(C)N(C)CC#N. The van der Waals surface area contributed by atoms with Crippen molar-refractivity contribution in [1.82, 2.24) is 4.90 Å². The van der Waals surface area contributed by atoms with Crippen molar-refractivity contribution in [2.75, 3.05) is 13.6 Å². The van der Waals surface area contributed by atoms with Crippen molar-refractivity contribution in [1.29, 1.82) is 5.26 Å². The Morgan fingerprint density at radius 1 is 1.89 bits per heavy atom. The van der Waals surface area contributed by atoms with Crippen LogP contribution in [-0.4, -0.2) is 24.5 Å². The molecule has 0 N–H and O–H groups in total. The van der Waals surface area contributed by atoms with Gasteiger partial charge in [0.1, 0.15) is 0 Å². The lowest BCUT2D eigenvalue weighted by atomic mass is 10.3. The number of nitrogens with zero attached hydrogens (tertiary/aromatic N) is 2. The molecule has 1 atom stereocenters. The van der Waals surface area contributed by atoms with E-state index in [2.05, 4.69) is 12.6 Å². The molecule has 0 amide bonds. The quantitative estimate of drug-likeness (QED) is 0.415. The Balaban J connectivity index is 3.60. The Labute approximate surface area is 56.4 Å². The summed E-state index contributed by atoms with van der Waals surface area (Å²) in [6.45, 7) is 6.08. The zero-order valence-corrected chi connectivity index (χ0v) is 5.96. The van der Waals surface area contributed by atoms with Crippen LogP contribution >= 0.6 is 0 Å². The third kappa shape index (κ3) is 2.89. The predicted octanol–water partition coefficient (Wildman–Crippen LogP) is 1.02. The molecular formula is C7H12N2. The highest BCUT2D eigenvalue weighted by atomic mass is 15.1. The summed E-state index contributed by atoms with van der Waals surface area (Å²) >= 11 is 0. The van der Waals surface area contributed by atoms with Crippen LogP contribution < -0.4 is 0 Å². The third-order valence-corrected chi connectivity index (χ3v) is 1.36. The molecule has 0 rings (SSSR count). The largest absolute Gasteiger partial charge is 0.287 e. The van der Waals surface area contributed by atoms with Crippen molar-refractivity contribution in [3.8, 4) is 6.07 Å². The summed E-state index contributed by atoms with van der Waals surface area (Å²) in [5.74, 6) is 0. The van der Waals surface area contributed by atoms with Crippen LogP contribution in [0.4, 0.5) is 0 Å². The highest BCUT2D eigenvalue weighted by Crippen LogP contribution is 1.93. The van der Waals surface area contributed by atoms with E-state index in [0.717, 1.165) is 0 Å². The van der Waals surface area contributed by atoms with E-state index >= 15 is 0 Å². The van der Waals surface area contributed by atoms with Gasteiger partial charge in [-0.2, -0.15) is 5.26 Å². The van der Waals surface area contributed by atoms with Crippen LogP contribution in [0.3, 0.4) is 0 Å². The van der Waals surface area contributed by atoms with Crippen molar-refractivity contribution in [2.45, 2.75) is 13.0 Å². The second-order valence-corrected chi connectivity index (χ2v) is 2.05. The molecule has 0 saturated carbocycles. The molecule has 9 heavy (non-hydrogen) atoms. The van der Waals surface area contributed by atoms with Crippen LogP contribution in [-0.2, 0) is 0 Å². The van der Waals surface area contributed by atoms with E-state index in [-0.39, 0.29) is 0 Å². The minimum atomic E-state index is 0.296. The van der Waals surface area contributed by atoms with Gasteiger partial charge in [-0.15, -0.1) is 6.58 Å². The van der Waals surface area contributed by atoms with Crippen LogP contribution in [0.2, 0.25) is 0 Å². The zero-order chi connectivity index (χ0) is 7.28. The van der Waals surface area contributed by atoms with Gasteiger partial charge in [0, 0.05) is 6.04 Å². The molecule has 0 saturated heterocycles. The van der Waals surface area contributed by atoms with Crippen LogP contribution in [0.25, 0.3) is 0 Å². The van der Waals surface area contributed by atoms with Crippen LogP contribution in [0, 0.1) is 11.3 Å². The molecule has 0 aliphatic heterocycles. The molecular weight excluding hydrogens is 112 g/mol. The lowest BCUT2D eigenvalue weighted by Gasteiger charge is -2.16. The number of nitriles is 1. The van der Waals surface area contributed by atoms with E-state index in [1.807, 2.05) is 24.9 Å². The lowest BCUT2D eigenvalue weighted by Crippen LogP contribution is -2.27. The number of hydrogen-bond donors (Lipinski definition) is 0. The molecule has 0 aliphatic carbocycles. The number of hydrogen-bond acceptors (Lipinski definition) is 2. The Bertz CT molecular complexity index is 123. The maximum Gasteiger partial charge on any atom is 0.0868 e. The standard InChI is InChI=1S/C7H12N2/c1-4-7(2)9(3)6-5-8/h4,7H,1,6H2,2-3H3. The minimum absolute atomic E-state index is 0.296. The van der Waals surface area contributed by atoms with Gasteiger partial charge in [-0.25, -0.2) is 0 Å². The molecule has 2 heteroatoms. The molecule has 0 aromatic carbocycles. The molecule has 0 aliphatic rings. The van der Waals surface area contributed by atoms with Gasteiger partial charge >= 0.3 is 0 Å². The topological polar surface area (TPSA) is 27.0 Å². The maximum atomic E-state index is 8.26. The number of likely N-dealkylation sites (N-methyl/N-ethyl adjacent to an activating group) is 1. The third-order valence-electron chi connectivity index (χ3n) is 1.36. The van der Waals surface area contributed by atoms with E-state index in [4.69, 9.17) is 5.26 Å². The normalized spacial score (nSPS) is 12.7. The lowest BCUT2D eigenvalue weighted by molar-refractivity contribution is 0.333. The van der Waals surface area contributed by atoms with E-state index in [0.29, 0.717) is 12.6 Å². The Morgan fingerprint density at radius 2 is 2.44 bits per heavy atom. The molecule has 0 bridgehead atoms. The average Bonchev–Trinajstić information content (AvgIpc) is 1.87. The molecule has 0 heterocycles. The van der Waals surface area contributed by atoms with Crippen molar-refractivity contribution < 1.29 is 0 Å². The van der Waals surface area contributed by atoms with E-state index < -0.39 is 0 Å². The van der Waals surface area contributed by atoms with Crippen LogP contribution in [0.1, 0.15) is 6.92 Å². The first-order valence-corrected chi connectivity index (χ1v) is 2.92. The molecule has 0 spiro atoms. The van der Waals surface area contributed by atoms with E-state index in [1.54, 1.807) is 0 Å².